The van der Waals surface area contributed by atoms with E-state index in [0.717, 1.165) is 6.42 Å². The first kappa shape index (κ1) is 15.3. The summed E-state index contributed by atoms with van der Waals surface area (Å²) in [6.45, 7) is 7.06. The molecular weight excluding hydrogens is 296 g/mol. The van der Waals surface area contributed by atoms with Gasteiger partial charge in [0.1, 0.15) is 0 Å². The summed E-state index contributed by atoms with van der Waals surface area (Å²) in [6, 6.07) is 0. The van der Waals surface area contributed by atoms with E-state index in [1.54, 1.807) is 10.6 Å². The van der Waals surface area contributed by atoms with E-state index in [9.17, 15) is 8.42 Å². The fraction of sp³-hybridized carbons (Fsp3) is 0.583. The van der Waals surface area contributed by atoms with Crippen LogP contribution in [0.4, 0.5) is 5.82 Å². The Balaban J connectivity index is 2.41. The van der Waals surface area contributed by atoms with Crippen LogP contribution in [0.25, 0.3) is 4.96 Å². The fourth-order valence-electron chi connectivity index (χ4n) is 1.73. The highest BCUT2D eigenvalue weighted by Crippen LogP contribution is 2.25. The molecule has 2 rings (SSSR count). The zero-order valence-electron chi connectivity index (χ0n) is 11.9. The third-order valence-corrected chi connectivity index (χ3v) is 4.90. The zero-order valence-corrected chi connectivity index (χ0v) is 13.5. The second-order valence-electron chi connectivity index (χ2n) is 4.99. The van der Waals surface area contributed by atoms with Crippen LogP contribution in [0, 0.1) is 5.92 Å². The maximum atomic E-state index is 12.5. The molecule has 0 radical (unpaired) electrons. The van der Waals surface area contributed by atoms with Crippen LogP contribution in [-0.2, 0) is 10.0 Å². The lowest BCUT2D eigenvalue weighted by atomic mass is 10.2. The Morgan fingerprint density at radius 3 is 2.85 bits per heavy atom. The number of nitrogens with zero attached hydrogens (tertiary/aromatic N) is 2. The summed E-state index contributed by atoms with van der Waals surface area (Å²) in [6.07, 6.45) is 2.64. The van der Waals surface area contributed by atoms with Gasteiger partial charge in [-0.15, -0.1) is 11.3 Å². The summed E-state index contributed by atoms with van der Waals surface area (Å²) in [5.74, 6) is 0.678. The monoisotopic (exact) mass is 316 g/mol. The molecule has 0 unspecified atom stereocenters. The molecule has 0 fully saturated rings. The van der Waals surface area contributed by atoms with Gasteiger partial charge in [-0.1, -0.05) is 20.8 Å². The van der Waals surface area contributed by atoms with Crippen molar-refractivity contribution in [1.82, 2.24) is 14.1 Å². The number of hydrogen-bond acceptors (Lipinski definition) is 5. The molecule has 0 aromatic carbocycles. The molecule has 0 aliphatic rings. The number of hydrogen-bond donors (Lipinski definition) is 2. The summed E-state index contributed by atoms with van der Waals surface area (Å²) in [4.78, 5) is 5.03. The van der Waals surface area contributed by atoms with Crippen molar-refractivity contribution < 1.29 is 8.42 Å². The van der Waals surface area contributed by atoms with Crippen molar-refractivity contribution >= 4 is 32.1 Å². The smallest absolute Gasteiger partial charge is 0.260 e. The molecule has 8 heteroatoms. The molecule has 0 aliphatic carbocycles. The van der Waals surface area contributed by atoms with Gasteiger partial charge in [0.25, 0.3) is 10.0 Å². The number of nitrogens with one attached hydrogen (secondary N) is 2. The third-order valence-electron chi connectivity index (χ3n) is 2.70. The van der Waals surface area contributed by atoms with E-state index in [1.807, 2.05) is 26.2 Å². The Labute approximate surface area is 123 Å². The molecule has 2 heterocycles. The summed E-state index contributed by atoms with van der Waals surface area (Å²) >= 11 is 1.42. The second kappa shape index (κ2) is 6.11. The number of thiazole rings is 1. The molecule has 0 saturated heterocycles. The van der Waals surface area contributed by atoms with Crippen molar-refractivity contribution in [2.24, 2.45) is 5.92 Å². The Morgan fingerprint density at radius 2 is 2.20 bits per heavy atom. The van der Waals surface area contributed by atoms with Gasteiger partial charge in [0.15, 0.2) is 15.8 Å². The average molecular weight is 316 g/mol. The lowest BCUT2D eigenvalue weighted by Gasteiger charge is -2.10. The quantitative estimate of drug-likeness (QED) is 0.821. The molecule has 2 aromatic rings. The van der Waals surface area contributed by atoms with Crippen molar-refractivity contribution in [3.63, 3.8) is 0 Å². The minimum Gasteiger partial charge on any atom is -0.368 e. The van der Waals surface area contributed by atoms with Gasteiger partial charge in [-0.3, -0.25) is 4.40 Å². The first-order chi connectivity index (χ1) is 9.45. The Kier molecular flexibility index (Phi) is 4.66. The van der Waals surface area contributed by atoms with Crippen molar-refractivity contribution in [2.45, 2.75) is 32.2 Å². The molecule has 0 spiro atoms. The number of fused-ring (bicyclic) bond motifs is 1. The van der Waals surface area contributed by atoms with Crippen molar-refractivity contribution in [3.8, 4) is 0 Å². The van der Waals surface area contributed by atoms with Crippen LogP contribution in [0.1, 0.15) is 27.2 Å². The first-order valence-corrected chi connectivity index (χ1v) is 9.01. The van der Waals surface area contributed by atoms with Gasteiger partial charge in [0, 0.05) is 24.7 Å². The van der Waals surface area contributed by atoms with Gasteiger partial charge < -0.3 is 5.32 Å². The molecule has 112 valence electrons. The van der Waals surface area contributed by atoms with Crippen molar-refractivity contribution in [3.05, 3.63) is 11.6 Å². The number of sulfonamides is 1. The van der Waals surface area contributed by atoms with Crippen LogP contribution in [0.3, 0.4) is 0 Å². The molecule has 6 nitrogen and oxygen atoms in total. The van der Waals surface area contributed by atoms with Crippen LogP contribution < -0.4 is 10.0 Å². The van der Waals surface area contributed by atoms with E-state index in [1.165, 1.54) is 11.3 Å². The zero-order chi connectivity index (χ0) is 14.8. The summed E-state index contributed by atoms with van der Waals surface area (Å²) in [5, 5.41) is 5.11. The largest absolute Gasteiger partial charge is 0.368 e. The maximum absolute atomic E-state index is 12.5. The summed E-state index contributed by atoms with van der Waals surface area (Å²) < 4.78 is 29.2. The van der Waals surface area contributed by atoms with Crippen LogP contribution >= 0.6 is 11.3 Å². The van der Waals surface area contributed by atoms with Crippen LogP contribution in [0.5, 0.6) is 0 Å². The van der Waals surface area contributed by atoms with Crippen molar-refractivity contribution in [2.75, 3.05) is 18.4 Å². The number of imidazole rings is 1. The fourth-order valence-corrected chi connectivity index (χ4v) is 3.96. The summed E-state index contributed by atoms with van der Waals surface area (Å²) in [7, 11) is -3.57. The number of anilines is 1. The van der Waals surface area contributed by atoms with Crippen LogP contribution in [0.15, 0.2) is 16.6 Å². The van der Waals surface area contributed by atoms with Crippen molar-refractivity contribution in [1.29, 1.82) is 0 Å². The first-order valence-electron chi connectivity index (χ1n) is 6.64. The highest BCUT2D eigenvalue weighted by molar-refractivity contribution is 7.89. The molecular formula is C12H20N4O2S2. The second-order valence-corrected chi connectivity index (χ2v) is 7.55. The Morgan fingerprint density at radius 1 is 1.45 bits per heavy atom. The van der Waals surface area contributed by atoms with Gasteiger partial charge in [0.05, 0.1) is 0 Å². The molecule has 0 aliphatic heterocycles. The van der Waals surface area contributed by atoms with E-state index in [4.69, 9.17) is 0 Å². The third kappa shape index (κ3) is 3.13. The molecule has 0 bridgehead atoms. The predicted octanol–water partition coefficient (Wildman–Crippen LogP) is 2.15. The maximum Gasteiger partial charge on any atom is 0.260 e. The van der Waals surface area contributed by atoms with Crippen LogP contribution in [-0.4, -0.2) is 30.9 Å². The van der Waals surface area contributed by atoms with Gasteiger partial charge in [-0.2, -0.15) is 0 Å². The molecule has 2 N–H and O–H groups in total. The normalized spacial score (nSPS) is 12.4. The van der Waals surface area contributed by atoms with Crippen LogP contribution in [0.2, 0.25) is 0 Å². The highest BCUT2D eigenvalue weighted by atomic mass is 32.2. The van der Waals surface area contributed by atoms with E-state index in [0.29, 0.717) is 23.9 Å². The van der Waals surface area contributed by atoms with Gasteiger partial charge >= 0.3 is 0 Å². The van der Waals surface area contributed by atoms with Gasteiger partial charge in [-0.05, 0) is 12.3 Å². The Hall–Kier alpha value is -1.12. The average Bonchev–Trinajstić information content (AvgIpc) is 2.93. The minimum atomic E-state index is -3.57. The topological polar surface area (TPSA) is 75.5 Å². The molecule has 0 atom stereocenters. The van der Waals surface area contributed by atoms with E-state index in [-0.39, 0.29) is 10.9 Å². The highest BCUT2D eigenvalue weighted by Gasteiger charge is 2.25. The molecule has 0 amide bonds. The minimum absolute atomic E-state index is 0.197. The van der Waals surface area contributed by atoms with E-state index >= 15 is 0 Å². The molecule has 2 aromatic heterocycles. The van der Waals surface area contributed by atoms with E-state index < -0.39 is 10.0 Å². The van der Waals surface area contributed by atoms with Gasteiger partial charge in [0.2, 0.25) is 0 Å². The lowest BCUT2D eigenvalue weighted by molar-refractivity contribution is 0.556. The van der Waals surface area contributed by atoms with Gasteiger partial charge in [-0.25, -0.2) is 18.1 Å². The SMILES string of the molecule is CCCNc1nc2sccn2c1S(=O)(=O)NCC(C)C. The molecule has 20 heavy (non-hydrogen) atoms. The number of rotatable bonds is 7. The Bertz CT molecular complexity index is 673. The number of aromatic nitrogens is 2. The standard InChI is InChI=1S/C12H20N4O2S2/c1-4-5-13-10-11(16-6-7-19-12(16)15-10)20(17,18)14-8-9(2)3/h6-7,9,13-14H,4-5,8H2,1-3H3. The molecule has 0 saturated carbocycles. The predicted molar refractivity (Wildman–Crippen MR) is 81.9 cm³/mol. The summed E-state index contributed by atoms with van der Waals surface area (Å²) in [5.41, 5.74) is 0. The lowest BCUT2D eigenvalue weighted by Crippen LogP contribution is -2.29. The van der Waals surface area contributed by atoms with E-state index in [2.05, 4.69) is 15.0 Å².